The average molecular weight is 261 g/mol. The van der Waals surface area contributed by atoms with Crippen molar-refractivity contribution in [2.75, 3.05) is 5.43 Å². The van der Waals surface area contributed by atoms with E-state index >= 15 is 0 Å². The lowest BCUT2D eigenvalue weighted by molar-refractivity contribution is -0.384. The van der Waals surface area contributed by atoms with E-state index in [0.717, 1.165) is 16.3 Å². The van der Waals surface area contributed by atoms with Crippen LogP contribution in [0.5, 0.6) is 0 Å². The van der Waals surface area contributed by atoms with Crippen LogP contribution in [0.3, 0.4) is 0 Å². The van der Waals surface area contributed by atoms with Crippen LogP contribution in [0.2, 0.25) is 0 Å². The van der Waals surface area contributed by atoms with Gasteiger partial charge in [0.05, 0.1) is 16.3 Å². The van der Waals surface area contributed by atoms with E-state index in [1.165, 1.54) is 12.1 Å². The van der Waals surface area contributed by atoms with Crippen molar-refractivity contribution in [2.45, 2.75) is 6.92 Å². The summed E-state index contributed by atoms with van der Waals surface area (Å²) in [5.41, 5.74) is 4.54. The number of nitro groups is 1. The highest BCUT2D eigenvalue weighted by molar-refractivity contribution is 7.12. The second kappa shape index (κ2) is 5.42. The number of rotatable bonds is 4. The zero-order valence-corrected chi connectivity index (χ0v) is 10.5. The van der Waals surface area contributed by atoms with Crippen LogP contribution in [0.25, 0.3) is 0 Å². The number of hydrogen-bond donors (Lipinski definition) is 1. The largest absolute Gasteiger partial charge is 0.278 e. The number of benzene rings is 1. The first-order valence-electron chi connectivity index (χ1n) is 5.25. The molecule has 1 heterocycles. The Hall–Kier alpha value is -2.21. The standard InChI is InChI=1S/C12H11N3O2S/c1-9(12-3-2-8-18-12)13-14-10-4-6-11(7-5-10)15(16)17/h2-8,14H,1H3/b13-9-. The zero-order chi connectivity index (χ0) is 13.0. The summed E-state index contributed by atoms with van der Waals surface area (Å²) >= 11 is 1.61. The van der Waals surface area contributed by atoms with Crippen LogP contribution in [0.1, 0.15) is 11.8 Å². The van der Waals surface area contributed by atoms with E-state index in [1.54, 1.807) is 23.5 Å². The van der Waals surface area contributed by atoms with E-state index < -0.39 is 4.92 Å². The van der Waals surface area contributed by atoms with Crippen LogP contribution >= 0.6 is 11.3 Å². The lowest BCUT2D eigenvalue weighted by atomic mass is 10.3. The van der Waals surface area contributed by atoms with Crippen LogP contribution in [-0.4, -0.2) is 10.6 Å². The van der Waals surface area contributed by atoms with E-state index in [2.05, 4.69) is 10.5 Å². The zero-order valence-electron chi connectivity index (χ0n) is 9.66. The molecule has 5 nitrogen and oxygen atoms in total. The summed E-state index contributed by atoms with van der Waals surface area (Å²) in [5, 5.41) is 16.7. The van der Waals surface area contributed by atoms with Gasteiger partial charge in [0.15, 0.2) is 0 Å². The Balaban J connectivity index is 2.06. The molecule has 0 saturated heterocycles. The molecule has 0 amide bonds. The normalized spacial score (nSPS) is 11.3. The van der Waals surface area contributed by atoms with Gasteiger partial charge in [0.2, 0.25) is 0 Å². The Labute approximate surface area is 108 Å². The molecule has 0 saturated carbocycles. The van der Waals surface area contributed by atoms with Gasteiger partial charge in [-0.2, -0.15) is 5.10 Å². The van der Waals surface area contributed by atoms with Crippen molar-refractivity contribution in [3.63, 3.8) is 0 Å². The fraction of sp³-hybridized carbons (Fsp3) is 0.0833. The Kier molecular flexibility index (Phi) is 3.69. The van der Waals surface area contributed by atoms with Gasteiger partial charge in [-0.25, -0.2) is 0 Å². The number of hydrogen-bond acceptors (Lipinski definition) is 5. The quantitative estimate of drug-likeness (QED) is 0.520. The van der Waals surface area contributed by atoms with Crippen LogP contribution in [-0.2, 0) is 0 Å². The molecule has 0 spiro atoms. The van der Waals surface area contributed by atoms with Gasteiger partial charge in [0, 0.05) is 17.0 Å². The lowest BCUT2D eigenvalue weighted by Crippen LogP contribution is -1.97. The van der Waals surface area contributed by atoms with Gasteiger partial charge < -0.3 is 0 Å². The van der Waals surface area contributed by atoms with Crippen molar-refractivity contribution in [2.24, 2.45) is 5.10 Å². The van der Waals surface area contributed by atoms with Crippen LogP contribution in [0.15, 0.2) is 46.9 Å². The molecule has 18 heavy (non-hydrogen) atoms. The third-order valence-corrected chi connectivity index (χ3v) is 3.29. The number of nitro benzene ring substituents is 1. The Morgan fingerprint density at radius 1 is 1.33 bits per heavy atom. The van der Waals surface area contributed by atoms with Gasteiger partial charge in [0.1, 0.15) is 0 Å². The molecule has 1 N–H and O–H groups in total. The molecular weight excluding hydrogens is 250 g/mol. The molecule has 2 rings (SSSR count). The third kappa shape index (κ3) is 2.92. The highest BCUT2D eigenvalue weighted by Crippen LogP contribution is 2.16. The maximum Gasteiger partial charge on any atom is 0.269 e. The van der Waals surface area contributed by atoms with E-state index in [4.69, 9.17) is 0 Å². The van der Waals surface area contributed by atoms with Crippen molar-refractivity contribution >= 4 is 28.4 Å². The second-order valence-electron chi connectivity index (χ2n) is 3.59. The number of thiophene rings is 1. The van der Waals surface area contributed by atoms with E-state index in [0.29, 0.717) is 0 Å². The Morgan fingerprint density at radius 3 is 2.61 bits per heavy atom. The monoisotopic (exact) mass is 261 g/mol. The predicted octanol–water partition coefficient (Wildman–Crippen LogP) is 3.49. The summed E-state index contributed by atoms with van der Waals surface area (Å²) in [6.07, 6.45) is 0. The van der Waals surface area contributed by atoms with Crippen LogP contribution in [0, 0.1) is 10.1 Å². The molecule has 6 heteroatoms. The van der Waals surface area contributed by atoms with Gasteiger partial charge in [-0.05, 0) is 30.5 Å². The molecule has 1 aromatic heterocycles. The summed E-state index contributed by atoms with van der Waals surface area (Å²) < 4.78 is 0. The van der Waals surface area contributed by atoms with Gasteiger partial charge in [-0.3, -0.25) is 15.5 Å². The fourth-order valence-electron chi connectivity index (χ4n) is 1.35. The molecule has 2 aromatic rings. The molecule has 0 radical (unpaired) electrons. The molecule has 0 bridgehead atoms. The van der Waals surface area contributed by atoms with Crippen molar-refractivity contribution in [1.82, 2.24) is 0 Å². The first-order chi connectivity index (χ1) is 8.66. The molecular formula is C12H11N3O2S. The first kappa shape index (κ1) is 12.3. The minimum absolute atomic E-state index is 0.0690. The maximum absolute atomic E-state index is 10.5. The second-order valence-corrected chi connectivity index (χ2v) is 4.54. The number of nitrogens with one attached hydrogen (secondary N) is 1. The van der Waals surface area contributed by atoms with E-state index in [-0.39, 0.29) is 5.69 Å². The minimum Gasteiger partial charge on any atom is -0.278 e. The Morgan fingerprint density at radius 2 is 2.06 bits per heavy atom. The predicted molar refractivity (Wildman–Crippen MR) is 73.2 cm³/mol. The van der Waals surface area contributed by atoms with Crippen molar-refractivity contribution in [1.29, 1.82) is 0 Å². The molecule has 0 aliphatic carbocycles. The van der Waals surface area contributed by atoms with Crippen molar-refractivity contribution < 1.29 is 4.92 Å². The topological polar surface area (TPSA) is 67.5 Å². The van der Waals surface area contributed by atoms with Crippen LogP contribution in [0.4, 0.5) is 11.4 Å². The average Bonchev–Trinajstić information content (AvgIpc) is 2.90. The SMILES string of the molecule is C/C(=N/Nc1ccc([N+](=O)[O-])cc1)c1cccs1. The van der Waals surface area contributed by atoms with Crippen molar-refractivity contribution in [3.05, 3.63) is 56.8 Å². The summed E-state index contributed by atoms with van der Waals surface area (Å²) in [7, 11) is 0. The molecule has 92 valence electrons. The van der Waals surface area contributed by atoms with E-state index in [9.17, 15) is 10.1 Å². The molecule has 0 unspecified atom stereocenters. The van der Waals surface area contributed by atoms with Gasteiger partial charge in [-0.1, -0.05) is 6.07 Å². The number of hydrazone groups is 1. The van der Waals surface area contributed by atoms with Crippen LogP contribution < -0.4 is 5.43 Å². The number of anilines is 1. The Bertz CT molecular complexity index is 562. The van der Waals surface area contributed by atoms with E-state index in [1.807, 2.05) is 24.4 Å². The highest BCUT2D eigenvalue weighted by atomic mass is 32.1. The van der Waals surface area contributed by atoms with Gasteiger partial charge >= 0.3 is 0 Å². The molecule has 0 atom stereocenters. The molecule has 0 fully saturated rings. The summed E-state index contributed by atoms with van der Waals surface area (Å²) in [6, 6.07) is 10.1. The fourth-order valence-corrected chi connectivity index (χ4v) is 2.02. The molecule has 0 aliphatic rings. The number of nitrogens with zero attached hydrogens (tertiary/aromatic N) is 2. The van der Waals surface area contributed by atoms with Gasteiger partial charge in [-0.15, -0.1) is 11.3 Å². The maximum atomic E-state index is 10.5. The number of non-ortho nitro benzene ring substituents is 1. The van der Waals surface area contributed by atoms with Crippen molar-refractivity contribution in [3.8, 4) is 0 Å². The molecule has 1 aromatic carbocycles. The molecule has 0 aliphatic heterocycles. The summed E-state index contributed by atoms with van der Waals surface area (Å²) in [5.74, 6) is 0. The lowest BCUT2D eigenvalue weighted by Gasteiger charge is -2.01. The van der Waals surface area contributed by atoms with Gasteiger partial charge in [0.25, 0.3) is 5.69 Å². The third-order valence-electron chi connectivity index (χ3n) is 2.31. The summed E-state index contributed by atoms with van der Waals surface area (Å²) in [4.78, 5) is 11.2. The highest BCUT2D eigenvalue weighted by Gasteiger charge is 2.03. The minimum atomic E-state index is -0.427. The smallest absolute Gasteiger partial charge is 0.269 e. The first-order valence-corrected chi connectivity index (χ1v) is 6.13. The summed E-state index contributed by atoms with van der Waals surface area (Å²) in [6.45, 7) is 1.91.